The van der Waals surface area contributed by atoms with Gasteiger partial charge in [0.1, 0.15) is 5.82 Å². The first-order valence-corrected chi connectivity index (χ1v) is 12.7. The van der Waals surface area contributed by atoms with Crippen molar-refractivity contribution in [2.75, 3.05) is 12.8 Å². The number of amides is 1. The second-order valence-corrected chi connectivity index (χ2v) is 9.70. The summed E-state index contributed by atoms with van der Waals surface area (Å²) >= 11 is 1.66. The van der Waals surface area contributed by atoms with Gasteiger partial charge in [0, 0.05) is 31.7 Å². The molecule has 3 aromatic heterocycles. The summed E-state index contributed by atoms with van der Waals surface area (Å²) in [6, 6.07) is 2.43. The summed E-state index contributed by atoms with van der Waals surface area (Å²) in [4.78, 5) is 17.9. The molecule has 3 aromatic rings. The van der Waals surface area contributed by atoms with E-state index in [1.807, 2.05) is 20.0 Å². The number of aryl methyl sites for hydroxylation is 3. The zero-order valence-corrected chi connectivity index (χ0v) is 20.5. The lowest BCUT2D eigenvalue weighted by Crippen LogP contribution is -2.26. The third kappa shape index (κ3) is 4.40. The van der Waals surface area contributed by atoms with E-state index in [9.17, 15) is 4.79 Å². The van der Waals surface area contributed by atoms with E-state index >= 15 is 0 Å². The van der Waals surface area contributed by atoms with Gasteiger partial charge in [0.15, 0.2) is 10.8 Å². The van der Waals surface area contributed by atoms with Crippen LogP contribution < -0.4 is 5.32 Å². The van der Waals surface area contributed by atoms with Gasteiger partial charge in [-0.05, 0) is 44.4 Å². The van der Waals surface area contributed by atoms with Crippen LogP contribution in [-0.2, 0) is 13.5 Å². The molecule has 0 aliphatic heterocycles. The van der Waals surface area contributed by atoms with Crippen molar-refractivity contribution in [3.8, 4) is 0 Å². The van der Waals surface area contributed by atoms with Crippen molar-refractivity contribution in [2.24, 2.45) is 7.05 Å². The van der Waals surface area contributed by atoms with Crippen LogP contribution in [0.5, 0.6) is 0 Å². The molecule has 4 rings (SSSR count). The van der Waals surface area contributed by atoms with Crippen LogP contribution in [0.25, 0.3) is 11.0 Å². The Balaban J connectivity index is 1.45. The molecule has 32 heavy (non-hydrogen) atoms. The van der Waals surface area contributed by atoms with Crippen molar-refractivity contribution < 1.29 is 4.79 Å². The molecule has 3 heterocycles. The van der Waals surface area contributed by atoms with Gasteiger partial charge in [-0.1, -0.05) is 38.5 Å². The summed E-state index contributed by atoms with van der Waals surface area (Å²) in [5.41, 5.74) is 3.14. The number of hydrogen-bond acceptors (Lipinski definition) is 6. The first-order valence-electron chi connectivity index (χ1n) is 11.5. The number of nitrogens with zero attached hydrogens (tertiary/aromatic N) is 6. The topological polar surface area (TPSA) is 90.5 Å². The Hall–Kier alpha value is -2.42. The first-order chi connectivity index (χ1) is 15.4. The van der Waals surface area contributed by atoms with Crippen molar-refractivity contribution >= 4 is 28.7 Å². The van der Waals surface area contributed by atoms with Crippen molar-refractivity contribution in [3.05, 3.63) is 28.8 Å². The molecule has 8 nitrogen and oxygen atoms in total. The van der Waals surface area contributed by atoms with Crippen LogP contribution in [0.2, 0.25) is 0 Å². The smallest absolute Gasteiger partial charge is 0.252 e. The highest BCUT2D eigenvalue weighted by atomic mass is 32.2. The molecule has 0 saturated heterocycles. The number of aromatic nitrogens is 6. The highest BCUT2D eigenvalue weighted by molar-refractivity contribution is 7.98. The lowest BCUT2D eigenvalue weighted by Gasteiger charge is -2.16. The van der Waals surface area contributed by atoms with E-state index in [-0.39, 0.29) is 11.8 Å². The van der Waals surface area contributed by atoms with Gasteiger partial charge in [-0.3, -0.25) is 9.48 Å². The molecule has 1 amide bonds. The SMILES string of the molecule is CSc1nnc(CCCNC(=O)c2cc(C(C)C)nc3c2c(C)nn3C)n1C1CCCC1. The minimum absolute atomic E-state index is 0.0718. The van der Waals surface area contributed by atoms with Gasteiger partial charge in [-0.15, -0.1) is 10.2 Å². The van der Waals surface area contributed by atoms with Gasteiger partial charge in [-0.25, -0.2) is 4.98 Å². The van der Waals surface area contributed by atoms with Crippen molar-refractivity contribution in [3.63, 3.8) is 0 Å². The fraction of sp³-hybridized carbons (Fsp3) is 0.609. The Bertz CT molecular complexity index is 1110. The molecule has 1 aliphatic carbocycles. The molecule has 0 bridgehead atoms. The highest BCUT2D eigenvalue weighted by Gasteiger charge is 2.24. The van der Waals surface area contributed by atoms with Gasteiger partial charge in [0.25, 0.3) is 5.91 Å². The lowest BCUT2D eigenvalue weighted by atomic mass is 10.0. The zero-order chi connectivity index (χ0) is 22.8. The normalized spacial score (nSPS) is 14.7. The molecule has 9 heteroatoms. The maximum Gasteiger partial charge on any atom is 0.252 e. The fourth-order valence-corrected chi connectivity index (χ4v) is 5.20. The Morgan fingerprint density at radius 2 is 2.03 bits per heavy atom. The second kappa shape index (κ2) is 9.60. The third-order valence-electron chi connectivity index (χ3n) is 6.29. The zero-order valence-electron chi connectivity index (χ0n) is 19.7. The molecule has 1 fully saturated rings. The first kappa shape index (κ1) is 22.8. The molecule has 0 spiro atoms. The van der Waals surface area contributed by atoms with E-state index in [1.165, 1.54) is 25.7 Å². The van der Waals surface area contributed by atoms with E-state index in [2.05, 4.69) is 45.3 Å². The Morgan fingerprint density at radius 3 is 2.72 bits per heavy atom. The predicted molar refractivity (Wildman–Crippen MR) is 127 cm³/mol. The fourth-order valence-electron chi connectivity index (χ4n) is 4.63. The average molecular weight is 456 g/mol. The molecule has 0 radical (unpaired) electrons. The van der Waals surface area contributed by atoms with Gasteiger partial charge >= 0.3 is 0 Å². The minimum atomic E-state index is -0.0718. The number of rotatable bonds is 8. The second-order valence-electron chi connectivity index (χ2n) is 8.93. The molecule has 0 atom stereocenters. The highest BCUT2D eigenvalue weighted by Crippen LogP contribution is 2.33. The van der Waals surface area contributed by atoms with E-state index in [1.54, 1.807) is 16.4 Å². The molecule has 172 valence electrons. The van der Waals surface area contributed by atoms with E-state index in [4.69, 9.17) is 4.98 Å². The van der Waals surface area contributed by atoms with Crippen LogP contribution in [-0.4, -0.2) is 48.2 Å². The van der Waals surface area contributed by atoms with Crippen molar-refractivity contribution in [1.29, 1.82) is 0 Å². The van der Waals surface area contributed by atoms with Crippen molar-refractivity contribution in [2.45, 2.75) is 76.4 Å². The number of fused-ring (bicyclic) bond motifs is 1. The summed E-state index contributed by atoms with van der Waals surface area (Å²) in [6.45, 7) is 6.69. The van der Waals surface area contributed by atoms with Crippen molar-refractivity contribution in [1.82, 2.24) is 34.8 Å². The molecule has 1 saturated carbocycles. The van der Waals surface area contributed by atoms with Gasteiger partial charge in [0.2, 0.25) is 0 Å². The largest absolute Gasteiger partial charge is 0.352 e. The number of pyridine rings is 1. The maximum atomic E-state index is 13.1. The quantitative estimate of drug-likeness (QED) is 0.405. The van der Waals surface area contributed by atoms with Crippen LogP contribution in [0.4, 0.5) is 0 Å². The minimum Gasteiger partial charge on any atom is -0.352 e. The number of nitrogens with one attached hydrogen (secondary N) is 1. The van der Waals surface area contributed by atoms with E-state index < -0.39 is 0 Å². The Kier molecular flexibility index (Phi) is 6.83. The van der Waals surface area contributed by atoms with E-state index in [0.717, 1.165) is 46.2 Å². The molecular weight excluding hydrogens is 422 g/mol. The molecule has 1 aliphatic rings. The summed E-state index contributed by atoms with van der Waals surface area (Å²) in [7, 11) is 1.87. The molecule has 0 aromatic carbocycles. The number of carbonyl (C=O) groups excluding carboxylic acids is 1. The van der Waals surface area contributed by atoms with Crippen LogP contribution in [0.15, 0.2) is 11.2 Å². The summed E-state index contributed by atoms with van der Waals surface area (Å²) in [5, 5.41) is 18.3. The molecule has 1 N–H and O–H groups in total. The van der Waals surface area contributed by atoms with E-state index in [0.29, 0.717) is 18.2 Å². The monoisotopic (exact) mass is 455 g/mol. The Morgan fingerprint density at radius 1 is 1.28 bits per heavy atom. The molecular formula is C23H33N7OS. The lowest BCUT2D eigenvalue weighted by molar-refractivity contribution is 0.0954. The number of carbonyl (C=O) groups is 1. The summed E-state index contributed by atoms with van der Waals surface area (Å²) in [5.74, 6) is 1.19. The predicted octanol–water partition coefficient (Wildman–Crippen LogP) is 4.19. The number of hydrogen-bond donors (Lipinski definition) is 1. The van der Waals surface area contributed by atoms with Crippen LogP contribution in [0.3, 0.4) is 0 Å². The maximum absolute atomic E-state index is 13.1. The summed E-state index contributed by atoms with van der Waals surface area (Å²) in [6.07, 6.45) is 8.64. The van der Waals surface area contributed by atoms with Gasteiger partial charge in [0.05, 0.1) is 16.6 Å². The van der Waals surface area contributed by atoms with Gasteiger partial charge in [-0.2, -0.15) is 5.10 Å². The van der Waals surface area contributed by atoms with Crippen LogP contribution >= 0.6 is 11.8 Å². The average Bonchev–Trinajstić information content (AvgIpc) is 3.49. The Labute approximate surface area is 193 Å². The van der Waals surface area contributed by atoms with Crippen LogP contribution in [0.1, 0.15) is 85.5 Å². The summed E-state index contributed by atoms with van der Waals surface area (Å²) < 4.78 is 4.09. The standard InChI is InChI=1S/C23H33N7OS/c1-14(2)18-13-17(20-15(3)28-29(4)21(20)25-18)22(31)24-12-8-11-19-26-27-23(32-5)30(19)16-9-6-7-10-16/h13-14,16H,6-12H2,1-5H3,(H,24,31). The third-order valence-corrected chi connectivity index (χ3v) is 6.94. The number of thioether (sulfide) groups is 1. The van der Waals surface area contributed by atoms with Crippen LogP contribution in [0, 0.1) is 6.92 Å². The van der Waals surface area contributed by atoms with Gasteiger partial charge < -0.3 is 9.88 Å². The molecule has 0 unspecified atom stereocenters.